The number of amides is 3. The average molecular weight is 277 g/mol. The van der Waals surface area contributed by atoms with Gasteiger partial charge in [0.1, 0.15) is 5.69 Å². The smallest absolute Gasteiger partial charge is 0.268 e. The van der Waals surface area contributed by atoms with Crippen molar-refractivity contribution in [1.82, 2.24) is 0 Å². The van der Waals surface area contributed by atoms with Gasteiger partial charge in [0.2, 0.25) is 0 Å². The lowest BCUT2D eigenvalue weighted by Crippen LogP contribution is -2.29. The molecule has 0 bridgehead atoms. The van der Waals surface area contributed by atoms with E-state index in [-0.39, 0.29) is 11.8 Å². The van der Waals surface area contributed by atoms with E-state index in [1.807, 2.05) is 0 Å². The highest BCUT2D eigenvalue weighted by Crippen LogP contribution is 2.34. The number of carbonyl (C=O) groups is 3. The standard InChI is InChI=1S/C15H7N3O3/c19-13-11-6-5-8(7-12(11)16-17-13)18-14(20)9-3-1-2-4-10(9)15(18)21/h1-7H. The van der Waals surface area contributed by atoms with E-state index in [9.17, 15) is 14.4 Å². The Hall–Kier alpha value is -3.15. The van der Waals surface area contributed by atoms with Crippen LogP contribution in [0.5, 0.6) is 0 Å². The van der Waals surface area contributed by atoms with Gasteiger partial charge in [-0.1, -0.05) is 12.1 Å². The van der Waals surface area contributed by atoms with Crippen LogP contribution < -0.4 is 4.90 Å². The number of fused-ring (bicyclic) bond motifs is 2. The molecule has 0 radical (unpaired) electrons. The second-order valence-corrected chi connectivity index (χ2v) is 4.70. The third-order valence-corrected chi connectivity index (χ3v) is 3.51. The average Bonchev–Trinajstić information content (AvgIpc) is 2.99. The zero-order valence-corrected chi connectivity index (χ0v) is 10.6. The van der Waals surface area contributed by atoms with Gasteiger partial charge in [0.05, 0.1) is 22.4 Å². The molecular formula is C15H7N3O3. The molecule has 0 saturated heterocycles. The number of nitrogens with zero attached hydrogens (tertiary/aromatic N) is 3. The third kappa shape index (κ3) is 1.50. The van der Waals surface area contributed by atoms with Gasteiger partial charge in [-0.15, -0.1) is 10.2 Å². The van der Waals surface area contributed by atoms with Crippen LogP contribution in [-0.2, 0) is 0 Å². The zero-order chi connectivity index (χ0) is 14.6. The van der Waals surface area contributed by atoms with E-state index in [2.05, 4.69) is 10.2 Å². The minimum atomic E-state index is -0.418. The maximum Gasteiger partial charge on any atom is 0.297 e. The highest BCUT2D eigenvalue weighted by Gasteiger charge is 2.36. The summed E-state index contributed by atoms with van der Waals surface area (Å²) in [6, 6.07) is 11.3. The number of hydrogen-bond acceptors (Lipinski definition) is 4. The third-order valence-electron chi connectivity index (χ3n) is 3.51. The lowest BCUT2D eigenvalue weighted by atomic mass is 10.1. The highest BCUT2D eigenvalue weighted by molar-refractivity contribution is 6.34. The van der Waals surface area contributed by atoms with E-state index in [0.717, 1.165) is 4.90 Å². The Morgan fingerprint density at radius 1 is 0.762 bits per heavy atom. The Balaban J connectivity index is 1.83. The Morgan fingerprint density at radius 2 is 1.43 bits per heavy atom. The van der Waals surface area contributed by atoms with E-state index in [1.165, 1.54) is 12.1 Å². The number of azo groups is 1. The summed E-state index contributed by atoms with van der Waals surface area (Å²) in [6.45, 7) is 0. The first-order valence-electron chi connectivity index (χ1n) is 6.25. The number of carbonyl (C=O) groups excluding carboxylic acids is 3. The van der Waals surface area contributed by atoms with Gasteiger partial charge in [-0.3, -0.25) is 14.4 Å². The summed E-state index contributed by atoms with van der Waals surface area (Å²) in [7, 11) is 0. The van der Waals surface area contributed by atoms with Crippen molar-refractivity contribution in [2.75, 3.05) is 4.90 Å². The SMILES string of the molecule is O=C1N=Nc2cc(N3C(=O)c4ccccc4C3=O)ccc21. The van der Waals surface area contributed by atoms with E-state index >= 15 is 0 Å². The van der Waals surface area contributed by atoms with E-state index in [0.29, 0.717) is 28.1 Å². The first kappa shape index (κ1) is 11.7. The molecule has 4 rings (SSSR count). The summed E-state index contributed by atoms with van der Waals surface area (Å²) < 4.78 is 0. The fraction of sp³-hybridized carbons (Fsp3) is 0. The fourth-order valence-electron chi connectivity index (χ4n) is 2.50. The van der Waals surface area contributed by atoms with Crippen LogP contribution in [0.25, 0.3) is 0 Å². The van der Waals surface area contributed by atoms with Gasteiger partial charge in [0, 0.05) is 0 Å². The van der Waals surface area contributed by atoms with Crippen molar-refractivity contribution in [1.29, 1.82) is 0 Å². The summed E-state index contributed by atoms with van der Waals surface area (Å²) in [5, 5.41) is 7.18. The van der Waals surface area contributed by atoms with Crippen LogP contribution in [0.1, 0.15) is 31.1 Å². The van der Waals surface area contributed by atoms with Crippen LogP contribution in [0, 0.1) is 0 Å². The van der Waals surface area contributed by atoms with Crippen LogP contribution >= 0.6 is 0 Å². The molecule has 2 aromatic carbocycles. The van der Waals surface area contributed by atoms with Crippen molar-refractivity contribution in [3.63, 3.8) is 0 Å². The first-order chi connectivity index (χ1) is 10.2. The van der Waals surface area contributed by atoms with E-state index in [4.69, 9.17) is 0 Å². The maximum absolute atomic E-state index is 12.4. The van der Waals surface area contributed by atoms with Crippen LogP contribution in [0.15, 0.2) is 52.7 Å². The van der Waals surface area contributed by atoms with Gasteiger partial charge in [0.15, 0.2) is 0 Å². The molecular weight excluding hydrogens is 270 g/mol. The number of imide groups is 1. The number of hydrogen-bond donors (Lipinski definition) is 0. The molecule has 0 unspecified atom stereocenters. The number of rotatable bonds is 1. The predicted molar refractivity (Wildman–Crippen MR) is 72.9 cm³/mol. The van der Waals surface area contributed by atoms with Gasteiger partial charge in [-0.05, 0) is 30.3 Å². The Morgan fingerprint density at radius 3 is 2.10 bits per heavy atom. The maximum atomic E-state index is 12.4. The lowest BCUT2D eigenvalue weighted by Gasteiger charge is -2.14. The molecule has 0 aliphatic carbocycles. The topological polar surface area (TPSA) is 79.2 Å². The summed E-state index contributed by atoms with van der Waals surface area (Å²) >= 11 is 0. The van der Waals surface area contributed by atoms with E-state index < -0.39 is 5.91 Å². The number of benzene rings is 2. The molecule has 0 atom stereocenters. The van der Waals surface area contributed by atoms with Gasteiger partial charge >= 0.3 is 0 Å². The van der Waals surface area contributed by atoms with Crippen molar-refractivity contribution in [2.24, 2.45) is 10.2 Å². The summed E-state index contributed by atoms with van der Waals surface area (Å²) in [5.74, 6) is -1.17. The Kier molecular flexibility index (Phi) is 2.18. The molecule has 0 N–H and O–H groups in total. The minimum absolute atomic E-state index is 0.369. The second-order valence-electron chi connectivity index (χ2n) is 4.70. The Bertz CT molecular complexity index is 835. The molecule has 6 nitrogen and oxygen atoms in total. The van der Waals surface area contributed by atoms with Crippen LogP contribution in [0.3, 0.4) is 0 Å². The summed E-state index contributed by atoms with van der Waals surface area (Å²) in [5.41, 5.74) is 1.87. The second kappa shape index (κ2) is 3.92. The normalized spacial score (nSPS) is 15.6. The lowest BCUT2D eigenvalue weighted by molar-refractivity contribution is 0.0925. The molecule has 6 heteroatoms. The van der Waals surface area contributed by atoms with Gasteiger partial charge in [-0.25, -0.2) is 4.90 Å². The quantitative estimate of drug-likeness (QED) is 0.752. The Labute approximate surface area is 118 Å². The van der Waals surface area contributed by atoms with Gasteiger partial charge in [0.25, 0.3) is 17.7 Å². The van der Waals surface area contributed by atoms with E-state index in [1.54, 1.807) is 30.3 Å². The monoisotopic (exact) mass is 277 g/mol. The van der Waals surface area contributed by atoms with Crippen molar-refractivity contribution in [3.05, 3.63) is 59.2 Å². The molecule has 2 heterocycles. The predicted octanol–water partition coefficient (Wildman–Crippen LogP) is 2.72. The molecule has 100 valence electrons. The molecule has 3 amide bonds. The first-order valence-corrected chi connectivity index (χ1v) is 6.25. The number of anilines is 1. The van der Waals surface area contributed by atoms with Crippen molar-refractivity contribution in [3.8, 4) is 0 Å². The molecule has 2 aromatic rings. The molecule has 0 spiro atoms. The van der Waals surface area contributed by atoms with Gasteiger partial charge in [-0.2, -0.15) is 0 Å². The molecule has 21 heavy (non-hydrogen) atoms. The van der Waals surface area contributed by atoms with Crippen molar-refractivity contribution in [2.45, 2.75) is 0 Å². The largest absolute Gasteiger partial charge is 0.297 e. The molecule has 2 aliphatic heterocycles. The van der Waals surface area contributed by atoms with Gasteiger partial charge < -0.3 is 0 Å². The van der Waals surface area contributed by atoms with Crippen LogP contribution in [-0.4, -0.2) is 17.7 Å². The molecule has 0 saturated carbocycles. The van der Waals surface area contributed by atoms with Crippen LogP contribution in [0.4, 0.5) is 11.4 Å². The van der Waals surface area contributed by atoms with Crippen molar-refractivity contribution < 1.29 is 14.4 Å². The van der Waals surface area contributed by atoms with Crippen LogP contribution in [0.2, 0.25) is 0 Å². The molecule has 2 aliphatic rings. The summed E-state index contributed by atoms with van der Waals surface area (Å²) in [4.78, 5) is 37.2. The highest BCUT2D eigenvalue weighted by atomic mass is 16.2. The molecule has 0 aromatic heterocycles. The minimum Gasteiger partial charge on any atom is -0.268 e. The summed E-state index contributed by atoms with van der Waals surface area (Å²) in [6.07, 6.45) is 0. The fourth-order valence-corrected chi connectivity index (χ4v) is 2.50. The van der Waals surface area contributed by atoms with Crippen molar-refractivity contribution >= 4 is 29.1 Å². The zero-order valence-electron chi connectivity index (χ0n) is 10.6. The molecule has 0 fully saturated rings.